The molecule has 5 heteroatoms. The van der Waals surface area contributed by atoms with E-state index < -0.39 is 0 Å². The minimum Gasteiger partial charge on any atom is -0.355 e. The molecule has 0 amide bonds. The smallest absolute Gasteiger partial charge is 0.161 e. The van der Waals surface area contributed by atoms with Crippen molar-refractivity contribution in [3.05, 3.63) is 70.3 Å². The topological polar surface area (TPSA) is 74.4 Å². The molecule has 5 rings (SSSR count). The molecule has 0 saturated carbocycles. The van der Waals surface area contributed by atoms with Crippen LogP contribution < -0.4 is 0 Å². The summed E-state index contributed by atoms with van der Waals surface area (Å²) >= 11 is 0. The Morgan fingerprint density at radius 2 is 1.59 bits per heavy atom. The van der Waals surface area contributed by atoms with Crippen molar-refractivity contribution in [3.63, 3.8) is 0 Å². The molecule has 0 saturated heterocycles. The molecule has 0 atom stereocenters. The number of hydrogen-bond donors (Lipinski definition) is 2. The van der Waals surface area contributed by atoms with E-state index in [2.05, 4.69) is 20.9 Å². The number of aryl methyl sites for hydroxylation is 2. The molecule has 8 bridgehead atoms. The second kappa shape index (κ2) is 6.61. The Kier molecular flexibility index (Phi) is 3.92. The van der Waals surface area contributed by atoms with Gasteiger partial charge in [-0.2, -0.15) is 0 Å². The van der Waals surface area contributed by atoms with Crippen molar-refractivity contribution in [1.82, 2.24) is 19.9 Å². The van der Waals surface area contributed by atoms with Crippen LogP contribution in [0.5, 0.6) is 0 Å². The predicted molar refractivity (Wildman–Crippen MR) is 115 cm³/mol. The van der Waals surface area contributed by atoms with Crippen LogP contribution in [-0.2, 0) is 12.8 Å². The zero-order valence-electron chi connectivity index (χ0n) is 15.9. The van der Waals surface area contributed by atoms with Crippen molar-refractivity contribution in [2.45, 2.75) is 19.8 Å². The van der Waals surface area contributed by atoms with Crippen molar-refractivity contribution in [1.29, 1.82) is 0 Å². The van der Waals surface area contributed by atoms with Crippen molar-refractivity contribution in [2.75, 3.05) is 0 Å². The highest BCUT2D eigenvalue weighted by molar-refractivity contribution is 6.02. The maximum Gasteiger partial charge on any atom is 0.161 e. The third-order valence-electron chi connectivity index (χ3n) is 5.11. The van der Waals surface area contributed by atoms with E-state index in [0.29, 0.717) is 5.56 Å². The van der Waals surface area contributed by atoms with Crippen LogP contribution in [0.1, 0.15) is 45.6 Å². The van der Waals surface area contributed by atoms with Gasteiger partial charge in [-0.05, 0) is 68.3 Å². The van der Waals surface area contributed by atoms with Gasteiger partial charge in [-0.1, -0.05) is 5.92 Å². The van der Waals surface area contributed by atoms with Crippen LogP contribution in [0.15, 0.2) is 36.4 Å². The minimum absolute atomic E-state index is 0.0118. The van der Waals surface area contributed by atoms with Crippen LogP contribution in [0.2, 0.25) is 0 Å². The van der Waals surface area contributed by atoms with E-state index in [-0.39, 0.29) is 5.78 Å². The van der Waals surface area contributed by atoms with Crippen molar-refractivity contribution in [3.8, 4) is 12.3 Å². The van der Waals surface area contributed by atoms with Crippen molar-refractivity contribution in [2.24, 2.45) is 0 Å². The van der Waals surface area contributed by atoms with Crippen LogP contribution >= 0.6 is 0 Å². The lowest BCUT2D eigenvalue weighted by atomic mass is 10.2. The van der Waals surface area contributed by atoms with Gasteiger partial charge in [0.25, 0.3) is 0 Å². The first-order valence-corrected chi connectivity index (χ1v) is 9.47. The molecule has 0 fully saturated rings. The first-order chi connectivity index (χ1) is 14.1. The van der Waals surface area contributed by atoms with Crippen LogP contribution in [0.3, 0.4) is 0 Å². The van der Waals surface area contributed by atoms with Gasteiger partial charge in [-0.15, -0.1) is 6.42 Å². The molecule has 0 aliphatic carbocycles. The Bertz CT molecular complexity index is 1400. The highest BCUT2D eigenvalue weighted by Gasteiger charge is 2.10. The number of terminal acetylenes is 1. The lowest BCUT2D eigenvalue weighted by molar-refractivity contribution is 0.101. The summed E-state index contributed by atoms with van der Waals surface area (Å²) in [6, 6.07) is 11.7. The lowest BCUT2D eigenvalue weighted by Gasteiger charge is -1.89. The SMILES string of the molecule is C#Cc1cc2cc3nc(cc4[nH]c(cc5nc(cc1[nH]2)CC5)cc4C(C)=O)C=C3. The number of ketones is 1. The summed E-state index contributed by atoms with van der Waals surface area (Å²) in [6.07, 6.45) is 11.3. The van der Waals surface area contributed by atoms with Crippen LogP contribution in [0.25, 0.3) is 34.2 Å². The number of H-pyrrole nitrogens is 2. The molecular formula is C24H18N4O. The van der Waals surface area contributed by atoms with Crippen molar-refractivity contribution < 1.29 is 4.79 Å². The number of fused-ring (bicyclic) bond motifs is 8. The number of Topliss-reactive ketones (excluding diaryl/α,β-unsaturated/α-hetero) is 1. The zero-order valence-corrected chi connectivity index (χ0v) is 15.9. The normalized spacial score (nSPS) is 12.7. The number of nitrogens with zero attached hydrogens (tertiary/aromatic N) is 2. The third-order valence-corrected chi connectivity index (χ3v) is 5.11. The Morgan fingerprint density at radius 3 is 2.34 bits per heavy atom. The molecule has 3 aromatic heterocycles. The molecule has 2 aliphatic heterocycles. The Balaban J connectivity index is 1.88. The molecule has 0 unspecified atom stereocenters. The van der Waals surface area contributed by atoms with Crippen LogP contribution in [0.4, 0.5) is 0 Å². The maximum absolute atomic E-state index is 12.1. The van der Waals surface area contributed by atoms with Crippen LogP contribution in [-0.4, -0.2) is 25.7 Å². The Hall–Kier alpha value is -3.91. The first-order valence-electron chi connectivity index (χ1n) is 9.47. The zero-order chi connectivity index (χ0) is 20.0. The summed E-state index contributed by atoms with van der Waals surface area (Å²) in [5, 5.41) is 0. The van der Waals surface area contributed by atoms with E-state index in [9.17, 15) is 4.79 Å². The van der Waals surface area contributed by atoms with Gasteiger partial charge in [0.2, 0.25) is 0 Å². The fourth-order valence-corrected chi connectivity index (χ4v) is 3.75. The van der Waals surface area contributed by atoms with E-state index in [1.807, 2.05) is 48.6 Å². The molecule has 2 N–H and O–H groups in total. The van der Waals surface area contributed by atoms with Gasteiger partial charge in [-0.25, -0.2) is 4.98 Å². The molecule has 2 aliphatic rings. The fraction of sp³-hybridized carbons (Fsp3) is 0.125. The van der Waals surface area contributed by atoms with Gasteiger partial charge in [0.05, 0.1) is 22.4 Å². The van der Waals surface area contributed by atoms with Crippen molar-refractivity contribution >= 4 is 40.0 Å². The Labute approximate surface area is 167 Å². The largest absolute Gasteiger partial charge is 0.355 e. The summed E-state index contributed by atoms with van der Waals surface area (Å²) < 4.78 is 0. The molecule has 29 heavy (non-hydrogen) atoms. The summed E-state index contributed by atoms with van der Waals surface area (Å²) in [5.41, 5.74) is 8.39. The molecular weight excluding hydrogens is 360 g/mol. The number of nitrogens with one attached hydrogen (secondary N) is 2. The average molecular weight is 378 g/mol. The average Bonchev–Trinajstić information content (AvgIpc) is 3.45. The fourth-order valence-electron chi connectivity index (χ4n) is 3.75. The van der Waals surface area contributed by atoms with E-state index in [1.165, 1.54) is 0 Å². The van der Waals surface area contributed by atoms with Gasteiger partial charge in [0.15, 0.2) is 5.78 Å². The Morgan fingerprint density at radius 1 is 0.897 bits per heavy atom. The molecule has 3 aromatic rings. The summed E-state index contributed by atoms with van der Waals surface area (Å²) in [4.78, 5) is 28.2. The van der Waals surface area contributed by atoms with Gasteiger partial charge in [-0.3, -0.25) is 9.78 Å². The summed E-state index contributed by atoms with van der Waals surface area (Å²) in [6.45, 7) is 1.57. The standard InChI is InChI=1S/C24H18N4O/c1-3-15-8-20-9-16-5-7-19(26-16)13-24-22(14(2)29)11-21(28-24)10-17-4-6-18(25-17)12-23(15)27-20/h1,5,7-13,27-28H,4,6H2,2H3. The van der Waals surface area contributed by atoms with Gasteiger partial charge >= 0.3 is 0 Å². The van der Waals surface area contributed by atoms with Gasteiger partial charge in [0, 0.05) is 33.5 Å². The van der Waals surface area contributed by atoms with Gasteiger partial charge in [0.1, 0.15) is 0 Å². The molecule has 5 nitrogen and oxygen atoms in total. The third kappa shape index (κ3) is 3.26. The molecule has 0 radical (unpaired) electrons. The second-order valence-electron chi connectivity index (χ2n) is 7.27. The highest BCUT2D eigenvalue weighted by atomic mass is 16.1. The number of carbonyl (C=O) groups is 1. The second-order valence-corrected chi connectivity index (χ2v) is 7.27. The number of carbonyl (C=O) groups excluding carboxylic acids is 1. The van der Waals surface area contributed by atoms with Gasteiger partial charge < -0.3 is 9.97 Å². The highest BCUT2D eigenvalue weighted by Crippen LogP contribution is 2.20. The predicted octanol–water partition coefficient (Wildman–Crippen LogP) is 4.45. The number of aromatic nitrogens is 4. The van der Waals surface area contributed by atoms with E-state index in [1.54, 1.807) is 6.92 Å². The lowest BCUT2D eigenvalue weighted by Crippen LogP contribution is -1.88. The number of aromatic amines is 2. The van der Waals surface area contributed by atoms with E-state index in [0.717, 1.165) is 63.2 Å². The quantitative estimate of drug-likeness (QED) is 0.379. The molecule has 0 spiro atoms. The molecule has 0 aromatic carbocycles. The van der Waals surface area contributed by atoms with Crippen LogP contribution in [0, 0.1) is 12.3 Å². The molecule has 140 valence electrons. The maximum atomic E-state index is 12.1. The summed E-state index contributed by atoms with van der Waals surface area (Å²) in [7, 11) is 0. The monoisotopic (exact) mass is 378 g/mol. The van der Waals surface area contributed by atoms with E-state index >= 15 is 0 Å². The first kappa shape index (κ1) is 17.2. The summed E-state index contributed by atoms with van der Waals surface area (Å²) in [5.74, 6) is 2.75. The minimum atomic E-state index is 0.0118. The molecule has 5 heterocycles. The number of rotatable bonds is 1. The van der Waals surface area contributed by atoms with E-state index in [4.69, 9.17) is 11.4 Å². The number of hydrogen-bond acceptors (Lipinski definition) is 3.